The lowest BCUT2D eigenvalue weighted by molar-refractivity contribution is 0.885. The van der Waals surface area contributed by atoms with E-state index in [0.29, 0.717) is 0 Å². The molecule has 2 aromatic rings. The van der Waals surface area contributed by atoms with E-state index in [1.807, 2.05) is 24.4 Å². The molecule has 0 atom stereocenters. The average molecular weight is 187 g/mol. The number of imidazole rings is 1. The van der Waals surface area contributed by atoms with Gasteiger partial charge in [-0.3, -0.25) is 0 Å². The van der Waals surface area contributed by atoms with Crippen molar-refractivity contribution in [2.75, 3.05) is 5.73 Å². The lowest BCUT2D eigenvalue weighted by Gasteiger charge is -2.00. The quantitative estimate of drug-likeness (QED) is 0.719. The topological polar surface area (TPSA) is 54.7 Å². The Morgan fingerprint density at radius 1 is 1.29 bits per heavy atom. The number of H-pyrrole nitrogens is 1. The molecule has 0 unspecified atom stereocenters. The van der Waals surface area contributed by atoms with Crippen LogP contribution in [-0.4, -0.2) is 9.97 Å². The van der Waals surface area contributed by atoms with Crippen molar-refractivity contribution in [1.29, 1.82) is 0 Å². The molecule has 3 N–H and O–H groups in total. The molecule has 0 bridgehead atoms. The maximum absolute atomic E-state index is 5.68. The molecule has 3 nitrogen and oxygen atoms in total. The predicted octanol–water partition coefficient (Wildman–Crippen LogP) is 1.78. The zero-order valence-corrected chi connectivity index (χ0v) is 7.90. The Morgan fingerprint density at radius 2 is 2.21 bits per heavy atom. The van der Waals surface area contributed by atoms with Crippen LogP contribution in [0.4, 0.5) is 5.69 Å². The number of aromatic nitrogens is 2. The van der Waals surface area contributed by atoms with E-state index in [1.54, 1.807) is 6.20 Å². The van der Waals surface area contributed by atoms with Crippen molar-refractivity contribution in [1.82, 2.24) is 9.97 Å². The fourth-order valence-electron chi connectivity index (χ4n) is 1.45. The third kappa shape index (κ3) is 2.13. The Hall–Kier alpha value is -1.77. The van der Waals surface area contributed by atoms with Crippen LogP contribution in [0.5, 0.6) is 0 Å². The summed E-state index contributed by atoms with van der Waals surface area (Å²) < 4.78 is 0. The predicted molar refractivity (Wildman–Crippen MR) is 56.9 cm³/mol. The first-order chi connectivity index (χ1) is 6.84. The van der Waals surface area contributed by atoms with E-state index in [4.69, 9.17) is 5.73 Å². The van der Waals surface area contributed by atoms with E-state index < -0.39 is 0 Å². The number of anilines is 1. The SMILES string of the molecule is Nc1cccc(CCc2ncc[nH]2)c1. The Kier molecular flexibility index (Phi) is 2.49. The molecule has 0 radical (unpaired) electrons. The van der Waals surface area contributed by atoms with Crippen LogP contribution in [0.2, 0.25) is 0 Å². The third-order valence-electron chi connectivity index (χ3n) is 2.16. The molecular weight excluding hydrogens is 174 g/mol. The fraction of sp³-hybridized carbons (Fsp3) is 0.182. The number of aryl methyl sites for hydroxylation is 2. The van der Waals surface area contributed by atoms with Crippen molar-refractivity contribution in [2.24, 2.45) is 0 Å². The molecule has 0 saturated carbocycles. The Labute approximate surface area is 83.0 Å². The van der Waals surface area contributed by atoms with Crippen LogP contribution in [0, 0.1) is 0 Å². The molecule has 0 aliphatic heterocycles. The first-order valence-corrected chi connectivity index (χ1v) is 4.67. The number of rotatable bonds is 3. The van der Waals surface area contributed by atoms with Gasteiger partial charge >= 0.3 is 0 Å². The van der Waals surface area contributed by atoms with Gasteiger partial charge in [0.2, 0.25) is 0 Å². The van der Waals surface area contributed by atoms with Crippen molar-refractivity contribution in [3.05, 3.63) is 48.0 Å². The highest BCUT2D eigenvalue weighted by Gasteiger charge is 1.97. The highest BCUT2D eigenvalue weighted by molar-refractivity contribution is 5.40. The zero-order chi connectivity index (χ0) is 9.80. The highest BCUT2D eigenvalue weighted by Crippen LogP contribution is 2.08. The summed E-state index contributed by atoms with van der Waals surface area (Å²) in [5.41, 5.74) is 7.76. The smallest absolute Gasteiger partial charge is 0.106 e. The summed E-state index contributed by atoms with van der Waals surface area (Å²) in [4.78, 5) is 7.25. The van der Waals surface area contributed by atoms with Gasteiger partial charge in [-0.2, -0.15) is 0 Å². The van der Waals surface area contributed by atoms with Crippen LogP contribution in [0.25, 0.3) is 0 Å². The maximum Gasteiger partial charge on any atom is 0.106 e. The number of nitrogens with two attached hydrogens (primary N) is 1. The molecule has 0 saturated heterocycles. The van der Waals surface area contributed by atoms with Gasteiger partial charge in [0.05, 0.1) is 0 Å². The summed E-state index contributed by atoms with van der Waals surface area (Å²) in [6, 6.07) is 7.96. The highest BCUT2D eigenvalue weighted by atomic mass is 14.9. The molecule has 2 rings (SSSR count). The van der Waals surface area contributed by atoms with Crippen LogP contribution in [0.3, 0.4) is 0 Å². The average Bonchev–Trinajstić information content (AvgIpc) is 2.67. The van der Waals surface area contributed by atoms with E-state index >= 15 is 0 Å². The second-order valence-corrected chi connectivity index (χ2v) is 3.28. The summed E-state index contributed by atoms with van der Waals surface area (Å²) in [5.74, 6) is 1.02. The zero-order valence-electron chi connectivity index (χ0n) is 7.90. The molecule has 0 aliphatic rings. The van der Waals surface area contributed by atoms with E-state index in [2.05, 4.69) is 16.0 Å². The number of nitrogens with one attached hydrogen (secondary N) is 1. The first-order valence-electron chi connectivity index (χ1n) is 4.67. The summed E-state index contributed by atoms with van der Waals surface area (Å²) >= 11 is 0. The molecule has 0 fully saturated rings. The molecule has 1 aromatic heterocycles. The minimum atomic E-state index is 0.821. The van der Waals surface area contributed by atoms with E-state index in [0.717, 1.165) is 24.4 Å². The number of nitrogens with zero attached hydrogens (tertiary/aromatic N) is 1. The van der Waals surface area contributed by atoms with Gasteiger partial charge in [0.25, 0.3) is 0 Å². The van der Waals surface area contributed by atoms with Crippen molar-refractivity contribution in [2.45, 2.75) is 12.8 Å². The molecule has 0 spiro atoms. The second-order valence-electron chi connectivity index (χ2n) is 3.28. The molecule has 14 heavy (non-hydrogen) atoms. The second kappa shape index (κ2) is 3.96. The number of aromatic amines is 1. The van der Waals surface area contributed by atoms with Crippen LogP contribution in [0.1, 0.15) is 11.4 Å². The van der Waals surface area contributed by atoms with Gasteiger partial charge in [0.1, 0.15) is 5.82 Å². The van der Waals surface area contributed by atoms with Gasteiger partial charge in [0.15, 0.2) is 0 Å². The van der Waals surface area contributed by atoms with Crippen molar-refractivity contribution in [3.63, 3.8) is 0 Å². The Morgan fingerprint density at radius 3 is 2.93 bits per heavy atom. The maximum atomic E-state index is 5.68. The van der Waals surface area contributed by atoms with Gasteiger partial charge in [-0.25, -0.2) is 4.98 Å². The Balaban J connectivity index is 1.98. The lowest BCUT2D eigenvalue weighted by atomic mass is 10.1. The molecule has 3 heteroatoms. The van der Waals surface area contributed by atoms with Gasteiger partial charge < -0.3 is 10.7 Å². The van der Waals surface area contributed by atoms with E-state index in [-0.39, 0.29) is 0 Å². The van der Waals surface area contributed by atoms with Gasteiger partial charge in [-0.1, -0.05) is 12.1 Å². The summed E-state index contributed by atoms with van der Waals surface area (Å²) in [6.45, 7) is 0. The van der Waals surface area contributed by atoms with Crippen molar-refractivity contribution >= 4 is 5.69 Å². The largest absolute Gasteiger partial charge is 0.399 e. The Bertz CT molecular complexity index is 393. The number of hydrogen-bond donors (Lipinski definition) is 2. The molecule has 1 heterocycles. The molecular formula is C11H13N3. The molecule has 1 aromatic carbocycles. The van der Waals surface area contributed by atoms with Gasteiger partial charge in [-0.05, 0) is 24.1 Å². The van der Waals surface area contributed by atoms with Crippen LogP contribution in [-0.2, 0) is 12.8 Å². The summed E-state index contributed by atoms with van der Waals surface area (Å²) in [6.07, 6.45) is 5.51. The monoisotopic (exact) mass is 187 g/mol. The molecule has 0 aliphatic carbocycles. The fourth-order valence-corrected chi connectivity index (χ4v) is 1.45. The van der Waals surface area contributed by atoms with Crippen molar-refractivity contribution in [3.8, 4) is 0 Å². The van der Waals surface area contributed by atoms with Crippen molar-refractivity contribution < 1.29 is 0 Å². The van der Waals surface area contributed by atoms with Crippen LogP contribution >= 0.6 is 0 Å². The summed E-state index contributed by atoms with van der Waals surface area (Å²) in [5, 5.41) is 0. The molecule has 0 amide bonds. The number of hydrogen-bond acceptors (Lipinski definition) is 2. The van der Waals surface area contributed by atoms with Gasteiger partial charge in [-0.15, -0.1) is 0 Å². The normalized spacial score (nSPS) is 10.3. The minimum absolute atomic E-state index is 0.821. The standard InChI is InChI=1S/C11H13N3/c12-10-3-1-2-9(8-10)4-5-11-13-6-7-14-11/h1-3,6-8H,4-5,12H2,(H,13,14). The third-order valence-corrected chi connectivity index (χ3v) is 2.16. The minimum Gasteiger partial charge on any atom is -0.399 e. The number of benzene rings is 1. The first kappa shape index (κ1) is 8.81. The number of nitrogen functional groups attached to an aromatic ring is 1. The van der Waals surface area contributed by atoms with Crippen LogP contribution < -0.4 is 5.73 Å². The van der Waals surface area contributed by atoms with E-state index in [9.17, 15) is 0 Å². The van der Waals surface area contributed by atoms with E-state index in [1.165, 1.54) is 5.56 Å². The van der Waals surface area contributed by atoms with Gasteiger partial charge in [0, 0.05) is 24.5 Å². The molecule has 72 valence electrons. The van der Waals surface area contributed by atoms with Crippen LogP contribution in [0.15, 0.2) is 36.7 Å². The summed E-state index contributed by atoms with van der Waals surface area (Å²) in [7, 11) is 0. The lowest BCUT2D eigenvalue weighted by Crippen LogP contribution is -1.94.